The van der Waals surface area contributed by atoms with Crippen LogP contribution >= 0.6 is 0 Å². The molecule has 114 valence electrons. The van der Waals surface area contributed by atoms with Gasteiger partial charge in [-0.25, -0.2) is 0 Å². The summed E-state index contributed by atoms with van der Waals surface area (Å²) in [6.07, 6.45) is 0. The third-order valence-corrected chi connectivity index (χ3v) is 5.03. The van der Waals surface area contributed by atoms with Crippen molar-refractivity contribution in [2.75, 3.05) is 19.8 Å². The van der Waals surface area contributed by atoms with Gasteiger partial charge in [-0.1, -0.05) is 48.1 Å². The molecule has 0 rings (SSSR count). The highest BCUT2D eigenvalue weighted by atomic mass is 28.4. The van der Waals surface area contributed by atoms with E-state index in [2.05, 4.69) is 48.1 Å². The predicted octanol–water partition coefficient (Wildman–Crippen LogP) is 4.06. The smallest absolute Gasteiger partial charge is 0.370 e. The quantitative estimate of drug-likeness (QED) is 0.567. The SMILES string of the molecule is C=C(C)[Si](OCC(C)C)(OCC(C)C)OCC(C)C. The van der Waals surface area contributed by atoms with E-state index >= 15 is 0 Å². The van der Waals surface area contributed by atoms with Crippen molar-refractivity contribution in [2.24, 2.45) is 17.8 Å². The average Bonchev–Trinajstić information content (AvgIpc) is 2.27. The normalized spacial score (nSPS) is 12.7. The topological polar surface area (TPSA) is 27.7 Å². The van der Waals surface area contributed by atoms with E-state index in [1.807, 2.05) is 6.92 Å². The monoisotopic (exact) mass is 288 g/mol. The number of hydrogen-bond donors (Lipinski definition) is 0. The maximum Gasteiger partial charge on any atom is 0.532 e. The molecule has 0 N–H and O–H groups in total. The molecule has 0 atom stereocenters. The van der Waals surface area contributed by atoms with Crippen LogP contribution in [-0.2, 0) is 13.3 Å². The molecule has 0 aliphatic carbocycles. The average molecular weight is 289 g/mol. The molecule has 0 fully saturated rings. The Morgan fingerprint density at radius 1 is 0.789 bits per heavy atom. The molecule has 0 bridgehead atoms. The van der Waals surface area contributed by atoms with Crippen molar-refractivity contribution in [3.63, 3.8) is 0 Å². The van der Waals surface area contributed by atoms with Gasteiger partial charge in [0.15, 0.2) is 0 Å². The standard InChI is InChI=1S/C15H32O3Si/c1-12(2)9-16-19(15(7)8,17-10-13(3)4)18-11-14(5)6/h12-14H,7,9-11H2,1-6,8H3. The van der Waals surface area contributed by atoms with Gasteiger partial charge in [-0.3, -0.25) is 0 Å². The number of rotatable bonds is 10. The second kappa shape index (κ2) is 8.90. The van der Waals surface area contributed by atoms with Crippen LogP contribution < -0.4 is 0 Å². The van der Waals surface area contributed by atoms with Crippen molar-refractivity contribution < 1.29 is 13.3 Å². The third-order valence-electron chi connectivity index (χ3n) is 2.34. The molecule has 0 saturated carbocycles. The van der Waals surface area contributed by atoms with Crippen LogP contribution in [0.1, 0.15) is 48.5 Å². The molecule has 4 heteroatoms. The highest BCUT2D eigenvalue weighted by Gasteiger charge is 2.43. The lowest BCUT2D eigenvalue weighted by Gasteiger charge is -2.32. The maximum atomic E-state index is 6.05. The first-order valence-electron chi connectivity index (χ1n) is 7.27. The van der Waals surface area contributed by atoms with Crippen molar-refractivity contribution in [3.8, 4) is 0 Å². The Morgan fingerprint density at radius 2 is 1.05 bits per heavy atom. The van der Waals surface area contributed by atoms with E-state index in [0.717, 1.165) is 5.20 Å². The van der Waals surface area contributed by atoms with Gasteiger partial charge >= 0.3 is 8.80 Å². The van der Waals surface area contributed by atoms with Crippen LogP contribution in [0.5, 0.6) is 0 Å². The van der Waals surface area contributed by atoms with Crippen LogP contribution in [-0.4, -0.2) is 28.6 Å². The second-order valence-electron chi connectivity index (χ2n) is 6.45. The molecule has 0 amide bonds. The molecule has 3 nitrogen and oxygen atoms in total. The lowest BCUT2D eigenvalue weighted by molar-refractivity contribution is 0.0451. The number of allylic oxidation sites excluding steroid dienone is 1. The first kappa shape index (κ1) is 18.8. The molecule has 0 heterocycles. The minimum Gasteiger partial charge on any atom is -0.370 e. The molecular weight excluding hydrogens is 256 g/mol. The van der Waals surface area contributed by atoms with E-state index in [9.17, 15) is 0 Å². The Bertz CT molecular complexity index is 231. The van der Waals surface area contributed by atoms with Gasteiger partial charge in [-0.2, -0.15) is 0 Å². The molecule has 19 heavy (non-hydrogen) atoms. The molecule has 0 saturated heterocycles. The van der Waals surface area contributed by atoms with Crippen molar-refractivity contribution in [1.29, 1.82) is 0 Å². The zero-order chi connectivity index (χ0) is 15.1. The fourth-order valence-corrected chi connectivity index (χ4v) is 3.97. The fourth-order valence-electron chi connectivity index (χ4n) is 1.32. The van der Waals surface area contributed by atoms with Crippen LogP contribution in [0.15, 0.2) is 11.8 Å². The van der Waals surface area contributed by atoms with Crippen LogP contribution in [0.25, 0.3) is 0 Å². The summed E-state index contributed by atoms with van der Waals surface area (Å²) in [6.45, 7) is 20.7. The summed E-state index contributed by atoms with van der Waals surface area (Å²) in [5.74, 6) is 1.37. The molecule has 0 aromatic carbocycles. The van der Waals surface area contributed by atoms with Gasteiger partial charge in [-0.05, 0) is 29.9 Å². The van der Waals surface area contributed by atoms with Gasteiger partial charge in [-0.15, -0.1) is 0 Å². The van der Waals surface area contributed by atoms with Gasteiger partial charge in [0.1, 0.15) is 0 Å². The van der Waals surface area contributed by atoms with Crippen molar-refractivity contribution >= 4 is 8.80 Å². The molecule has 0 aliphatic heterocycles. The summed E-state index contributed by atoms with van der Waals surface area (Å²) in [5, 5.41) is 0.898. The lowest BCUT2D eigenvalue weighted by atomic mass is 10.2. The lowest BCUT2D eigenvalue weighted by Crippen LogP contribution is -2.49. The Morgan fingerprint density at radius 3 is 1.21 bits per heavy atom. The zero-order valence-electron chi connectivity index (χ0n) is 13.8. The van der Waals surface area contributed by atoms with Gasteiger partial charge in [0, 0.05) is 19.8 Å². The van der Waals surface area contributed by atoms with Gasteiger partial charge in [0.05, 0.1) is 0 Å². The summed E-state index contributed by atoms with van der Waals surface area (Å²) < 4.78 is 18.1. The Kier molecular flexibility index (Phi) is 8.82. The van der Waals surface area contributed by atoms with Crippen molar-refractivity contribution in [2.45, 2.75) is 48.5 Å². The minimum absolute atomic E-state index is 0.455. The van der Waals surface area contributed by atoms with Gasteiger partial charge < -0.3 is 13.3 Å². The van der Waals surface area contributed by atoms with Crippen LogP contribution in [0, 0.1) is 17.8 Å². The highest BCUT2D eigenvalue weighted by molar-refractivity contribution is 6.68. The zero-order valence-corrected chi connectivity index (χ0v) is 14.8. The Hall–Kier alpha value is -0.163. The molecule has 0 radical (unpaired) electrons. The van der Waals surface area contributed by atoms with Crippen LogP contribution in [0.2, 0.25) is 0 Å². The number of hydrogen-bond acceptors (Lipinski definition) is 3. The van der Waals surface area contributed by atoms with Crippen molar-refractivity contribution in [1.82, 2.24) is 0 Å². The van der Waals surface area contributed by atoms with E-state index < -0.39 is 8.80 Å². The third kappa shape index (κ3) is 7.87. The first-order valence-corrected chi connectivity index (χ1v) is 9.00. The molecule has 0 aromatic heterocycles. The highest BCUT2D eigenvalue weighted by Crippen LogP contribution is 2.21. The van der Waals surface area contributed by atoms with Gasteiger partial charge in [0.2, 0.25) is 0 Å². The predicted molar refractivity (Wildman–Crippen MR) is 82.9 cm³/mol. The van der Waals surface area contributed by atoms with E-state index in [0.29, 0.717) is 37.6 Å². The first-order chi connectivity index (χ1) is 8.69. The molecular formula is C15H32O3Si. The maximum absolute atomic E-state index is 6.05. The fraction of sp³-hybridized carbons (Fsp3) is 0.867. The Balaban J connectivity index is 4.82. The summed E-state index contributed by atoms with van der Waals surface area (Å²) in [6, 6.07) is 0. The van der Waals surface area contributed by atoms with E-state index in [-0.39, 0.29) is 0 Å². The van der Waals surface area contributed by atoms with Crippen LogP contribution in [0.4, 0.5) is 0 Å². The molecule has 0 aliphatic rings. The van der Waals surface area contributed by atoms with E-state index in [1.54, 1.807) is 0 Å². The summed E-state index contributed by atoms with van der Waals surface area (Å²) in [4.78, 5) is 0. The summed E-state index contributed by atoms with van der Waals surface area (Å²) in [5.41, 5.74) is 0. The van der Waals surface area contributed by atoms with E-state index in [1.165, 1.54) is 0 Å². The molecule has 0 unspecified atom stereocenters. The van der Waals surface area contributed by atoms with Crippen LogP contribution in [0.3, 0.4) is 0 Å². The van der Waals surface area contributed by atoms with Gasteiger partial charge in [0.25, 0.3) is 0 Å². The molecule has 0 aromatic rings. The summed E-state index contributed by atoms with van der Waals surface area (Å²) >= 11 is 0. The second-order valence-corrected chi connectivity index (χ2v) is 9.28. The minimum atomic E-state index is -2.76. The molecule has 0 spiro atoms. The van der Waals surface area contributed by atoms with Crippen molar-refractivity contribution in [3.05, 3.63) is 11.8 Å². The Labute approximate surface area is 120 Å². The summed E-state index contributed by atoms with van der Waals surface area (Å²) in [7, 11) is -2.76. The van der Waals surface area contributed by atoms with E-state index in [4.69, 9.17) is 13.3 Å². The largest absolute Gasteiger partial charge is 0.532 e.